The molecule has 0 radical (unpaired) electrons. The maximum Gasteiger partial charge on any atom is 0.450 e. The number of fused-ring (bicyclic) bond motifs is 1. The lowest BCUT2D eigenvalue weighted by atomic mass is 10.0. The molecule has 0 atom stereocenters. The molecule has 3 rings (SSSR count). The zero-order valence-corrected chi connectivity index (χ0v) is 13.7. The minimum atomic E-state index is -4.83. The van der Waals surface area contributed by atoms with Crippen LogP contribution in [0, 0.1) is 0 Å². The summed E-state index contributed by atoms with van der Waals surface area (Å²) < 4.78 is 50.8. The quantitative estimate of drug-likeness (QED) is 0.610. The van der Waals surface area contributed by atoms with Crippen LogP contribution < -0.4 is 10.2 Å². The Hall–Kier alpha value is -2.47. The summed E-state index contributed by atoms with van der Waals surface area (Å²) in [5.41, 5.74) is -1.40. The Morgan fingerprint density at radius 1 is 1.12 bits per heavy atom. The van der Waals surface area contributed by atoms with Gasteiger partial charge in [0.25, 0.3) is 0 Å². The van der Waals surface area contributed by atoms with E-state index >= 15 is 0 Å². The Balaban J connectivity index is 2.34. The molecule has 1 aromatic heterocycles. The van der Waals surface area contributed by atoms with Gasteiger partial charge in [0.2, 0.25) is 11.2 Å². The van der Waals surface area contributed by atoms with Gasteiger partial charge in [-0.3, -0.25) is 4.79 Å². The number of benzene rings is 2. The van der Waals surface area contributed by atoms with Gasteiger partial charge < -0.3 is 9.15 Å². The average Bonchev–Trinajstić information content (AvgIpc) is 2.55. The predicted molar refractivity (Wildman–Crippen MR) is 89.1 cm³/mol. The van der Waals surface area contributed by atoms with Crippen LogP contribution in [0.4, 0.5) is 13.2 Å². The highest BCUT2D eigenvalue weighted by molar-refractivity contribution is 6.30. The second-order valence-corrected chi connectivity index (χ2v) is 5.67. The van der Waals surface area contributed by atoms with Crippen molar-refractivity contribution in [1.29, 1.82) is 0 Å². The van der Waals surface area contributed by atoms with Crippen molar-refractivity contribution < 1.29 is 22.3 Å². The normalized spacial score (nSPS) is 11.7. The highest BCUT2D eigenvalue weighted by atomic mass is 35.5. The first kappa shape index (κ1) is 17.4. The topological polar surface area (TPSA) is 39.4 Å². The van der Waals surface area contributed by atoms with E-state index in [1.165, 1.54) is 42.5 Å². The van der Waals surface area contributed by atoms with Crippen molar-refractivity contribution >= 4 is 22.6 Å². The maximum absolute atomic E-state index is 13.5. The van der Waals surface area contributed by atoms with Crippen LogP contribution in [0.2, 0.25) is 5.02 Å². The molecule has 0 aliphatic rings. The van der Waals surface area contributed by atoms with Crippen molar-refractivity contribution in [2.45, 2.75) is 13.1 Å². The van der Waals surface area contributed by atoms with Crippen LogP contribution in [-0.2, 0) is 6.18 Å². The highest BCUT2D eigenvalue weighted by Gasteiger charge is 2.39. The summed E-state index contributed by atoms with van der Waals surface area (Å²) in [5, 5.41) is 0.394. The van der Waals surface area contributed by atoms with Gasteiger partial charge in [0.1, 0.15) is 11.3 Å². The van der Waals surface area contributed by atoms with Gasteiger partial charge in [-0.05, 0) is 36.8 Å². The predicted octanol–water partition coefficient (Wildman–Crippen LogP) is 5.53. The number of hydrogen-bond acceptors (Lipinski definition) is 3. The average molecular weight is 369 g/mol. The third-order valence-electron chi connectivity index (χ3n) is 3.57. The molecule has 0 spiro atoms. The van der Waals surface area contributed by atoms with E-state index in [-0.39, 0.29) is 16.5 Å². The zero-order chi connectivity index (χ0) is 18.2. The minimum Gasteiger partial charge on any atom is -0.494 e. The maximum atomic E-state index is 13.5. The fourth-order valence-electron chi connectivity index (χ4n) is 2.51. The van der Waals surface area contributed by atoms with Crippen LogP contribution in [0.15, 0.2) is 51.7 Å². The minimum absolute atomic E-state index is 0.0430. The smallest absolute Gasteiger partial charge is 0.450 e. The highest BCUT2D eigenvalue weighted by Crippen LogP contribution is 2.38. The molecule has 1 heterocycles. The van der Waals surface area contributed by atoms with Gasteiger partial charge in [-0.15, -0.1) is 0 Å². The van der Waals surface area contributed by atoms with Gasteiger partial charge in [-0.25, -0.2) is 0 Å². The van der Waals surface area contributed by atoms with E-state index in [1.54, 1.807) is 6.92 Å². The Morgan fingerprint density at radius 2 is 1.80 bits per heavy atom. The Labute approximate surface area is 145 Å². The molecule has 0 N–H and O–H groups in total. The van der Waals surface area contributed by atoms with Gasteiger partial charge in [-0.1, -0.05) is 23.7 Å². The molecule has 0 aliphatic heterocycles. The zero-order valence-electron chi connectivity index (χ0n) is 13.0. The molecule has 0 aliphatic carbocycles. The van der Waals surface area contributed by atoms with Crippen LogP contribution >= 0.6 is 11.6 Å². The van der Waals surface area contributed by atoms with Crippen LogP contribution in [0.1, 0.15) is 12.7 Å². The lowest BCUT2D eigenvalue weighted by molar-refractivity contribution is -0.152. The van der Waals surface area contributed by atoms with E-state index in [9.17, 15) is 18.0 Å². The van der Waals surface area contributed by atoms with Gasteiger partial charge in [0.05, 0.1) is 17.6 Å². The lowest BCUT2D eigenvalue weighted by Crippen LogP contribution is -2.16. The van der Waals surface area contributed by atoms with E-state index in [4.69, 9.17) is 20.8 Å². The first-order chi connectivity index (χ1) is 11.8. The molecule has 0 fully saturated rings. The van der Waals surface area contributed by atoms with E-state index in [0.29, 0.717) is 17.4 Å². The fraction of sp³-hybridized carbons (Fsp3) is 0.167. The summed E-state index contributed by atoms with van der Waals surface area (Å²) in [6.45, 7) is 2.08. The molecule has 0 amide bonds. The Bertz CT molecular complexity index is 976. The van der Waals surface area contributed by atoms with Crippen LogP contribution in [0.5, 0.6) is 5.75 Å². The first-order valence-corrected chi connectivity index (χ1v) is 7.76. The second kappa shape index (κ2) is 6.44. The third-order valence-corrected chi connectivity index (χ3v) is 3.82. The van der Waals surface area contributed by atoms with Gasteiger partial charge >= 0.3 is 6.18 Å². The Kier molecular flexibility index (Phi) is 4.47. The summed E-state index contributed by atoms with van der Waals surface area (Å²) >= 11 is 5.77. The van der Waals surface area contributed by atoms with Crippen LogP contribution in [-0.4, -0.2) is 6.61 Å². The van der Waals surface area contributed by atoms with Gasteiger partial charge in [-0.2, -0.15) is 13.2 Å². The van der Waals surface area contributed by atoms with E-state index in [0.717, 1.165) is 0 Å². The third kappa shape index (κ3) is 3.35. The van der Waals surface area contributed by atoms with Crippen LogP contribution in [0.3, 0.4) is 0 Å². The molecule has 0 saturated carbocycles. The lowest BCUT2D eigenvalue weighted by Gasteiger charge is -2.13. The molecule has 3 aromatic rings. The van der Waals surface area contributed by atoms with Crippen molar-refractivity contribution in [2.24, 2.45) is 0 Å². The Morgan fingerprint density at radius 3 is 2.40 bits per heavy atom. The summed E-state index contributed by atoms with van der Waals surface area (Å²) in [4.78, 5) is 12.7. The fourth-order valence-corrected chi connectivity index (χ4v) is 2.63. The number of alkyl halides is 3. The van der Waals surface area contributed by atoms with Crippen molar-refractivity contribution in [1.82, 2.24) is 0 Å². The van der Waals surface area contributed by atoms with Crippen molar-refractivity contribution in [3.8, 4) is 16.9 Å². The SMILES string of the molecule is CCOc1ccc2c(=O)c(-c3ccc(Cl)cc3)c(C(F)(F)F)oc2c1. The number of ether oxygens (including phenoxy) is 1. The molecular weight excluding hydrogens is 357 g/mol. The van der Waals surface area contributed by atoms with E-state index < -0.39 is 22.9 Å². The standard InChI is InChI=1S/C18H12ClF3O3/c1-2-24-12-7-8-13-14(9-12)25-17(18(20,21)22)15(16(13)23)10-3-5-11(19)6-4-10/h3-9H,2H2,1H3. The molecule has 7 heteroatoms. The summed E-state index contributed by atoms with van der Waals surface area (Å²) in [6.07, 6.45) is -4.83. The molecule has 25 heavy (non-hydrogen) atoms. The molecule has 2 aromatic carbocycles. The summed E-state index contributed by atoms with van der Waals surface area (Å²) in [6, 6.07) is 9.72. The van der Waals surface area contributed by atoms with E-state index in [1.807, 2.05) is 0 Å². The van der Waals surface area contributed by atoms with E-state index in [2.05, 4.69) is 0 Å². The van der Waals surface area contributed by atoms with Crippen molar-refractivity contribution in [2.75, 3.05) is 6.61 Å². The number of halogens is 4. The van der Waals surface area contributed by atoms with Crippen LogP contribution in [0.25, 0.3) is 22.1 Å². The van der Waals surface area contributed by atoms with Crippen molar-refractivity contribution in [3.63, 3.8) is 0 Å². The van der Waals surface area contributed by atoms with Gasteiger partial charge in [0.15, 0.2) is 0 Å². The van der Waals surface area contributed by atoms with Gasteiger partial charge in [0, 0.05) is 11.1 Å². The molecular formula is C18H12ClF3O3. The number of rotatable bonds is 3. The second-order valence-electron chi connectivity index (χ2n) is 5.23. The molecule has 130 valence electrons. The molecule has 3 nitrogen and oxygen atoms in total. The van der Waals surface area contributed by atoms with Crippen molar-refractivity contribution in [3.05, 3.63) is 63.5 Å². The summed E-state index contributed by atoms with van der Waals surface area (Å²) in [7, 11) is 0. The largest absolute Gasteiger partial charge is 0.494 e. The summed E-state index contributed by atoms with van der Waals surface area (Å²) in [5.74, 6) is -1.02. The molecule has 0 saturated heterocycles. The first-order valence-electron chi connectivity index (χ1n) is 7.38. The molecule has 0 unspecified atom stereocenters. The monoisotopic (exact) mass is 368 g/mol. The molecule has 0 bridgehead atoms. The number of hydrogen-bond donors (Lipinski definition) is 0.